The molecule has 0 bridgehead atoms. The van der Waals surface area contributed by atoms with Gasteiger partial charge < -0.3 is 14.4 Å². The number of methoxy groups -OCH3 is 1. The molecule has 0 amide bonds. The Morgan fingerprint density at radius 3 is 2.92 bits per heavy atom. The average molecular weight is 350 g/mol. The van der Waals surface area contributed by atoms with Gasteiger partial charge in [-0.3, -0.25) is 4.40 Å². The topological polar surface area (TPSA) is 62.8 Å². The van der Waals surface area contributed by atoms with Crippen LogP contribution < -0.4 is 4.90 Å². The van der Waals surface area contributed by atoms with Crippen molar-refractivity contribution in [2.75, 3.05) is 31.7 Å². The van der Waals surface area contributed by atoms with E-state index in [-0.39, 0.29) is 12.2 Å². The van der Waals surface area contributed by atoms with Crippen molar-refractivity contribution in [1.29, 1.82) is 5.26 Å². The molecule has 0 N–H and O–H groups in total. The standard InChI is InChI=1S/C20H22N4O2/c1-13-8-19(23-10-14(2)26-15(11-23)12-25-3)24-18-7-5-4-6-17(18)22-20(24)16(13)9-21/h4-8,14-15H,10-12H2,1-3H3. The molecule has 0 aliphatic carbocycles. The van der Waals surface area contributed by atoms with Gasteiger partial charge in [-0.2, -0.15) is 5.26 Å². The Morgan fingerprint density at radius 2 is 2.15 bits per heavy atom. The van der Waals surface area contributed by atoms with E-state index in [1.807, 2.05) is 31.2 Å². The summed E-state index contributed by atoms with van der Waals surface area (Å²) in [5, 5.41) is 9.64. The smallest absolute Gasteiger partial charge is 0.157 e. The van der Waals surface area contributed by atoms with Crippen LogP contribution in [0.4, 0.5) is 5.82 Å². The first-order valence-electron chi connectivity index (χ1n) is 8.82. The van der Waals surface area contributed by atoms with Crippen molar-refractivity contribution >= 4 is 22.5 Å². The Hall–Kier alpha value is -2.62. The number of nitrogens with zero attached hydrogens (tertiary/aromatic N) is 4. The third-order valence-electron chi connectivity index (χ3n) is 4.87. The van der Waals surface area contributed by atoms with Crippen molar-refractivity contribution in [2.45, 2.75) is 26.1 Å². The van der Waals surface area contributed by atoms with Crippen molar-refractivity contribution < 1.29 is 9.47 Å². The lowest BCUT2D eigenvalue weighted by Crippen LogP contribution is -2.48. The zero-order valence-electron chi connectivity index (χ0n) is 15.3. The van der Waals surface area contributed by atoms with Crippen molar-refractivity contribution in [3.63, 3.8) is 0 Å². The van der Waals surface area contributed by atoms with Gasteiger partial charge in [-0.05, 0) is 37.6 Å². The van der Waals surface area contributed by atoms with Crippen LogP contribution in [0.3, 0.4) is 0 Å². The van der Waals surface area contributed by atoms with E-state index in [2.05, 4.69) is 28.4 Å². The Labute approximate surface area is 152 Å². The zero-order chi connectivity index (χ0) is 18.3. The average Bonchev–Trinajstić information content (AvgIpc) is 3.00. The van der Waals surface area contributed by atoms with E-state index < -0.39 is 0 Å². The molecule has 1 aromatic carbocycles. The molecule has 0 spiro atoms. The van der Waals surface area contributed by atoms with Crippen LogP contribution in [0.5, 0.6) is 0 Å². The van der Waals surface area contributed by atoms with Gasteiger partial charge in [0.2, 0.25) is 0 Å². The normalized spacial score (nSPS) is 20.6. The minimum atomic E-state index is 0.0181. The molecule has 2 unspecified atom stereocenters. The fourth-order valence-corrected chi connectivity index (χ4v) is 3.81. The fraction of sp³-hybridized carbons (Fsp3) is 0.400. The van der Waals surface area contributed by atoms with E-state index in [0.29, 0.717) is 17.8 Å². The Kier molecular flexibility index (Phi) is 4.27. The van der Waals surface area contributed by atoms with Crippen LogP contribution in [0.2, 0.25) is 0 Å². The van der Waals surface area contributed by atoms with Crippen LogP contribution >= 0.6 is 0 Å². The van der Waals surface area contributed by atoms with Gasteiger partial charge in [0.15, 0.2) is 5.65 Å². The minimum absolute atomic E-state index is 0.0181. The summed E-state index contributed by atoms with van der Waals surface area (Å²) in [4.78, 5) is 7.05. The van der Waals surface area contributed by atoms with Crippen LogP contribution in [0.15, 0.2) is 30.3 Å². The molecule has 134 valence electrons. The maximum Gasteiger partial charge on any atom is 0.157 e. The summed E-state index contributed by atoms with van der Waals surface area (Å²) in [6, 6.07) is 12.4. The Bertz CT molecular complexity index is 1000. The number of nitriles is 1. The lowest BCUT2D eigenvalue weighted by Gasteiger charge is -2.38. The summed E-state index contributed by atoms with van der Waals surface area (Å²) in [7, 11) is 1.69. The van der Waals surface area contributed by atoms with Crippen molar-refractivity contribution in [3.05, 3.63) is 41.5 Å². The number of aryl methyl sites for hydroxylation is 1. The number of aromatic nitrogens is 2. The van der Waals surface area contributed by atoms with E-state index in [1.165, 1.54) is 0 Å². The molecule has 6 heteroatoms. The number of anilines is 1. The molecule has 2 atom stereocenters. The van der Waals surface area contributed by atoms with E-state index in [1.54, 1.807) is 7.11 Å². The molecule has 26 heavy (non-hydrogen) atoms. The van der Waals surface area contributed by atoms with Gasteiger partial charge in [-0.1, -0.05) is 12.1 Å². The maximum atomic E-state index is 9.64. The molecule has 6 nitrogen and oxygen atoms in total. The summed E-state index contributed by atoms with van der Waals surface area (Å²) in [6.07, 6.45) is 0.120. The molecule has 2 aromatic heterocycles. The summed E-state index contributed by atoms with van der Waals surface area (Å²) in [5.41, 5.74) is 4.18. The van der Waals surface area contributed by atoms with E-state index in [4.69, 9.17) is 14.5 Å². The maximum absolute atomic E-state index is 9.64. The van der Waals surface area contributed by atoms with Crippen LogP contribution in [0.25, 0.3) is 16.7 Å². The number of imidazole rings is 1. The van der Waals surface area contributed by atoms with Gasteiger partial charge in [0.1, 0.15) is 11.9 Å². The molecule has 3 heterocycles. The second-order valence-corrected chi connectivity index (χ2v) is 6.86. The van der Waals surface area contributed by atoms with Crippen molar-refractivity contribution in [3.8, 4) is 6.07 Å². The van der Waals surface area contributed by atoms with Gasteiger partial charge in [-0.15, -0.1) is 0 Å². The van der Waals surface area contributed by atoms with Gasteiger partial charge in [-0.25, -0.2) is 4.98 Å². The number of pyridine rings is 1. The predicted molar refractivity (Wildman–Crippen MR) is 101 cm³/mol. The summed E-state index contributed by atoms with van der Waals surface area (Å²) in [6.45, 7) is 6.13. The molecule has 0 radical (unpaired) electrons. The fourth-order valence-electron chi connectivity index (χ4n) is 3.81. The highest BCUT2D eigenvalue weighted by Gasteiger charge is 2.28. The number of fused-ring (bicyclic) bond motifs is 3. The first-order valence-corrected chi connectivity index (χ1v) is 8.82. The second-order valence-electron chi connectivity index (χ2n) is 6.86. The first kappa shape index (κ1) is 16.8. The molecule has 3 aromatic rings. The third kappa shape index (κ3) is 2.70. The molecule has 1 aliphatic rings. The molecule has 0 saturated carbocycles. The number of rotatable bonds is 3. The number of hydrogen-bond donors (Lipinski definition) is 0. The largest absolute Gasteiger partial charge is 0.382 e. The second kappa shape index (κ2) is 6.60. The van der Waals surface area contributed by atoms with Crippen molar-refractivity contribution in [2.24, 2.45) is 0 Å². The monoisotopic (exact) mass is 350 g/mol. The summed E-state index contributed by atoms with van der Waals surface area (Å²) < 4.78 is 13.4. The summed E-state index contributed by atoms with van der Waals surface area (Å²) >= 11 is 0. The van der Waals surface area contributed by atoms with Crippen LogP contribution in [0, 0.1) is 18.3 Å². The number of morpholine rings is 1. The van der Waals surface area contributed by atoms with Crippen LogP contribution in [-0.4, -0.2) is 48.4 Å². The van der Waals surface area contributed by atoms with Gasteiger partial charge in [0.05, 0.1) is 35.4 Å². The number of ether oxygens (including phenoxy) is 2. The Morgan fingerprint density at radius 1 is 1.35 bits per heavy atom. The van der Waals surface area contributed by atoms with E-state index >= 15 is 0 Å². The van der Waals surface area contributed by atoms with Gasteiger partial charge >= 0.3 is 0 Å². The molecule has 1 aliphatic heterocycles. The lowest BCUT2D eigenvalue weighted by molar-refractivity contribution is -0.0513. The highest BCUT2D eigenvalue weighted by Crippen LogP contribution is 2.30. The molecule has 4 rings (SSSR count). The van der Waals surface area contributed by atoms with E-state index in [9.17, 15) is 5.26 Å². The van der Waals surface area contributed by atoms with Crippen LogP contribution in [-0.2, 0) is 9.47 Å². The number of hydrogen-bond acceptors (Lipinski definition) is 5. The van der Waals surface area contributed by atoms with Gasteiger partial charge in [0.25, 0.3) is 0 Å². The molecule has 1 fully saturated rings. The van der Waals surface area contributed by atoms with Crippen molar-refractivity contribution in [1.82, 2.24) is 9.38 Å². The highest BCUT2D eigenvalue weighted by molar-refractivity contribution is 5.85. The predicted octanol–water partition coefficient (Wildman–Crippen LogP) is 2.91. The van der Waals surface area contributed by atoms with E-state index in [0.717, 1.165) is 35.5 Å². The molecular formula is C20H22N4O2. The van der Waals surface area contributed by atoms with Gasteiger partial charge in [0, 0.05) is 20.2 Å². The Balaban J connectivity index is 1.93. The highest BCUT2D eigenvalue weighted by atomic mass is 16.5. The summed E-state index contributed by atoms with van der Waals surface area (Å²) in [5.74, 6) is 1.04. The first-order chi connectivity index (χ1) is 12.6. The SMILES string of the molecule is COCC1CN(c2cc(C)c(C#N)c3nc4ccccc4n23)CC(C)O1. The number of benzene rings is 1. The third-order valence-corrected chi connectivity index (χ3v) is 4.87. The molecule has 1 saturated heterocycles. The lowest BCUT2D eigenvalue weighted by atomic mass is 10.1. The quantitative estimate of drug-likeness (QED) is 0.727. The molecular weight excluding hydrogens is 328 g/mol. The number of para-hydroxylation sites is 2. The minimum Gasteiger partial charge on any atom is -0.382 e. The zero-order valence-corrected chi connectivity index (χ0v) is 15.3. The van der Waals surface area contributed by atoms with Crippen LogP contribution in [0.1, 0.15) is 18.1 Å².